The topological polar surface area (TPSA) is 52.6 Å². The van der Waals surface area contributed by atoms with Crippen LogP contribution in [0.1, 0.15) is 51.9 Å². The van der Waals surface area contributed by atoms with Crippen LogP contribution in [0.5, 0.6) is 0 Å². The maximum absolute atomic E-state index is 11.4. The highest BCUT2D eigenvalue weighted by atomic mass is 35.7. The van der Waals surface area contributed by atoms with Crippen molar-refractivity contribution in [1.82, 2.24) is 0 Å². The highest BCUT2D eigenvalue weighted by Gasteiger charge is 2.36. The van der Waals surface area contributed by atoms with Crippen LogP contribution in [0.25, 0.3) is 0 Å². The van der Waals surface area contributed by atoms with E-state index in [2.05, 4.69) is 6.92 Å². The smallest absolute Gasteiger partial charge is 0.233 e. The zero-order valence-electron chi connectivity index (χ0n) is 12.4. The lowest BCUT2D eigenvalue weighted by molar-refractivity contribution is -0.00123. The Bertz CT molecular complexity index is 350. The molecule has 0 unspecified atom stereocenters. The quantitative estimate of drug-likeness (QED) is 0.456. The zero-order valence-corrected chi connectivity index (χ0v) is 14.0. The summed E-state index contributed by atoms with van der Waals surface area (Å²) in [6.45, 7) is 4.45. The summed E-state index contributed by atoms with van der Waals surface area (Å²) < 4.78 is 33.9. The Balaban J connectivity index is 2.30. The standard InChI is InChI=1S/C14H27ClO4S/c1-2-3-9-18-10-11-19-12-14(13-20(15,16)17)7-5-4-6-8-14/h2-13H2,1H3. The molecule has 0 heterocycles. The summed E-state index contributed by atoms with van der Waals surface area (Å²) in [4.78, 5) is 0. The number of unbranched alkanes of at least 4 members (excludes halogenated alkanes) is 1. The minimum Gasteiger partial charge on any atom is -0.379 e. The summed E-state index contributed by atoms with van der Waals surface area (Å²) in [6.07, 6.45) is 7.24. The third-order valence-electron chi connectivity index (χ3n) is 3.82. The van der Waals surface area contributed by atoms with Crippen molar-refractivity contribution in [2.45, 2.75) is 51.9 Å². The van der Waals surface area contributed by atoms with Crippen molar-refractivity contribution in [1.29, 1.82) is 0 Å². The van der Waals surface area contributed by atoms with Crippen molar-refractivity contribution >= 4 is 19.7 Å². The number of hydrogen-bond donors (Lipinski definition) is 0. The molecule has 0 N–H and O–H groups in total. The van der Waals surface area contributed by atoms with Crippen LogP contribution < -0.4 is 0 Å². The van der Waals surface area contributed by atoms with Crippen molar-refractivity contribution in [3.63, 3.8) is 0 Å². The average molecular weight is 327 g/mol. The Labute approximate surface area is 127 Å². The van der Waals surface area contributed by atoms with Crippen LogP contribution in [0.3, 0.4) is 0 Å². The van der Waals surface area contributed by atoms with Crippen LogP contribution in [-0.2, 0) is 18.5 Å². The van der Waals surface area contributed by atoms with Gasteiger partial charge in [-0.2, -0.15) is 0 Å². The van der Waals surface area contributed by atoms with E-state index in [1.54, 1.807) is 0 Å². The van der Waals surface area contributed by atoms with Gasteiger partial charge in [0, 0.05) is 22.7 Å². The third-order valence-corrected chi connectivity index (χ3v) is 5.10. The minimum absolute atomic E-state index is 0.0260. The van der Waals surface area contributed by atoms with E-state index in [4.69, 9.17) is 20.2 Å². The number of hydrogen-bond acceptors (Lipinski definition) is 4. The van der Waals surface area contributed by atoms with Crippen molar-refractivity contribution in [2.24, 2.45) is 5.41 Å². The van der Waals surface area contributed by atoms with Gasteiger partial charge in [-0.25, -0.2) is 8.42 Å². The summed E-state index contributed by atoms with van der Waals surface area (Å²) in [5.41, 5.74) is -0.289. The SMILES string of the molecule is CCCCOCCOCC1(CS(=O)(=O)Cl)CCCCC1. The van der Waals surface area contributed by atoms with E-state index in [-0.39, 0.29) is 11.2 Å². The molecule has 0 saturated heterocycles. The lowest BCUT2D eigenvalue weighted by atomic mass is 9.76. The first-order valence-corrected chi connectivity index (χ1v) is 10.0. The molecule has 0 aliphatic heterocycles. The lowest BCUT2D eigenvalue weighted by Gasteiger charge is -2.35. The second-order valence-corrected chi connectivity index (χ2v) is 8.54. The molecule has 0 bridgehead atoms. The monoisotopic (exact) mass is 326 g/mol. The first kappa shape index (κ1) is 18.2. The van der Waals surface area contributed by atoms with E-state index in [1.807, 2.05) is 0 Å². The van der Waals surface area contributed by atoms with Gasteiger partial charge in [-0.3, -0.25) is 0 Å². The van der Waals surface area contributed by atoms with Crippen LogP contribution >= 0.6 is 10.7 Å². The molecule has 1 fully saturated rings. The first-order valence-electron chi connectivity index (χ1n) is 7.55. The van der Waals surface area contributed by atoms with Crippen LogP contribution in [-0.4, -0.2) is 40.6 Å². The van der Waals surface area contributed by atoms with Gasteiger partial charge in [0.05, 0.1) is 25.6 Å². The predicted molar refractivity (Wildman–Crippen MR) is 81.7 cm³/mol. The van der Waals surface area contributed by atoms with Crippen molar-refractivity contribution in [3.05, 3.63) is 0 Å². The fourth-order valence-corrected chi connectivity index (χ4v) is 4.55. The van der Waals surface area contributed by atoms with Gasteiger partial charge in [0.15, 0.2) is 0 Å². The third kappa shape index (κ3) is 7.81. The van der Waals surface area contributed by atoms with Crippen LogP contribution in [0, 0.1) is 5.41 Å². The Morgan fingerprint density at radius 1 is 1.05 bits per heavy atom. The summed E-state index contributed by atoms with van der Waals surface area (Å²) in [7, 11) is 1.97. The summed E-state index contributed by atoms with van der Waals surface area (Å²) in [5.74, 6) is 0.0260. The Morgan fingerprint density at radius 2 is 1.70 bits per heavy atom. The van der Waals surface area contributed by atoms with Crippen LogP contribution in [0.2, 0.25) is 0 Å². The maximum atomic E-state index is 11.4. The molecular formula is C14H27ClO4S. The Morgan fingerprint density at radius 3 is 2.30 bits per heavy atom. The maximum Gasteiger partial charge on any atom is 0.233 e. The molecule has 0 amide bonds. The zero-order chi connectivity index (χ0) is 14.9. The van der Waals surface area contributed by atoms with E-state index in [1.165, 1.54) is 6.42 Å². The number of rotatable bonds is 10. The van der Waals surface area contributed by atoms with E-state index >= 15 is 0 Å². The molecule has 1 saturated carbocycles. The van der Waals surface area contributed by atoms with Gasteiger partial charge < -0.3 is 9.47 Å². The molecule has 0 aromatic heterocycles. The molecule has 1 rings (SSSR count). The molecule has 0 aromatic rings. The van der Waals surface area contributed by atoms with E-state index in [0.29, 0.717) is 19.8 Å². The molecular weight excluding hydrogens is 300 g/mol. The molecule has 4 nitrogen and oxygen atoms in total. The Kier molecular flexibility index (Phi) is 8.41. The van der Waals surface area contributed by atoms with Crippen LogP contribution in [0.4, 0.5) is 0 Å². The van der Waals surface area contributed by atoms with Crippen molar-refractivity contribution < 1.29 is 17.9 Å². The highest BCUT2D eigenvalue weighted by Crippen LogP contribution is 2.38. The molecule has 1 aliphatic carbocycles. The van der Waals surface area contributed by atoms with Crippen LogP contribution in [0.15, 0.2) is 0 Å². The fraction of sp³-hybridized carbons (Fsp3) is 1.00. The van der Waals surface area contributed by atoms with E-state index in [9.17, 15) is 8.42 Å². The summed E-state index contributed by atoms with van der Waals surface area (Å²) >= 11 is 0. The normalized spacial score (nSPS) is 19.1. The molecule has 20 heavy (non-hydrogen) atoms. The average Bonchev–Trinajstić information content (AvgIpc) is 2.37. The minimum atomic E-state index is -3.48. The van der Waals surface area contributed by atoms with Crippen molar-refractivity contribution in [2.75, 3.05) is 32.2 Å². The van der Waals surface area contributed by atoms with Gasteiger partial charge in [0.25, 0.3) is 0 Å². The van der Waals surface area contributed by atoms with Gasteiger partial charge in [-0.05, 0) is 19.3 Å². The number of ether oxygens (including phenoxy) is 2. The lowest BCUT2D eigenvalue weighted by Crippen LogP contribution is -2.36. The molecule has 0 aromatic carbocycles. The number of halogens is 1. The second-order valence-electron chi connectivity index (χ2n) is 5.76. The molecule has 0 spiro atoms. The fourth-order valence-electron chi connectivity index (χ4n) is 2.75. The summed E-state index contributed by atoms with van der Waals surface area (Å²) in [6, 6.07) is 0. The molecule has 0 atom stereocenters. The molecule has 0 radical (unpaired) electrons. The van der Waals surface area contributed by atoms with Gasteiger partial charge in [0.2, 0.25) is 9.05 Å². The molecule has 120 valence electrons. The van der Waals surface area contributed by atoms with Gasteiger partial charge in [-0.1, -0.05) is 32.6 Å². The predicted octanol–water partition coefficient (Wildman–Crippen LogP) is 3.34. The van der Waals surface area contributed by atoms with Gasteiger partial charge >= 0.3 is 0 Å². The van der Waals surface area contributed by atoms with E-state index in [0.717, 1.165) is 45.1 Å². The van der Waals surface area contributed by atoms with E-state index < -0.39 is 9.05 Å². The second kappa shape index (κ2) is 9.23. The first-order chi connectivity index (χ1) is 9.47. The summed E-state index contributed by atoms with van der Waals surface area (Å²) in [5, 5.41) is 0. The molecule has 1 aliphatic rings. The molecule has 6 heteroatoms. The van der Waals surface area contributed by atoms with Gasteiger partial charge in [0.1, 0.15) is 0 Å². The Hall–Kier alpha value is 0.160. The largest absolute Gasteiger partial charge is 0.379 e. The van der Waals surface area contributed by atoms with Crippen molar-refractivity contribution in [3.8, 4) is 0 Å². The van der Waals surface area contributed by atoms with Gasteiger partial charge in [-0.15, -0.1) is 0 Å². The highest BCUT2D eigenvalue weighted by molar-refractivity contribution is 8.13.